The lowest BCUT2D eigenvalue weighted by atomic mass is 9.90. The summed E-state index contributed by atoms with van der Waals surface area (Å²) in [6.45, 7) is 2.14. The van der Waals surface area contributed by atoms with E-state index in [1.165, 1.54) is 41.8 Å². The molecule has 1 aliphatic heterocycles. The summed E-state index contributed by atoms with van der Waals surface area (Å²) >= 11 is 1.69. The summed E-state index contributed by atoms with van der Waals surface area (Å²) in [5.74, 6) is 0.588. The number of thiazole rings is 1. The fourth-order valence-corrected chi connectivity index (χ4v) is 4.91. The van der Waals surface area contributed by atoms with Crippen molar-refractivity contribution >= 4 is 27.2 Å². The minimum Gasteiger partial charge on any atom is -0.406 e. The van der Waals surface area contributed by atoms with Gasteiger partial charge in [-0.1, -0.05) is 31.0 Å². The van der Waals surface area contributed by atoms with Gasteiger partial charge < -0.3 is 9.64 Å². The largest absolute Gasteiger partial charge is 0.573 e. The van der Waals surface area contributed by atoms with Crippen LogP contribution in [0.4, 0.5) is 18.9 Å². The zero-order valence-corrected chi connectivity index (χ0v) is 17.5. The van der Waals surface area contributed by atoms with Crippen LogP contribution in [-0.4, -0.2) is 24.4 Å². The van der Waals surface area contributed by atoms with Crippen molar-refractivity contribution in [2.24, 2.45) is 5.92 Å². The van der Waals surface area contributed by atoms with E-state index in [2.05, 4.69) is 32.8 Å². The lowest BCUT2D eigenvalue weighted by molar-refractivity contribution is -0.274. The van der Waals surface area contributed by atoms with Crippen molar-refractivity contribution in [1.82, 2.24) is 4.98 Å². The zero-order valence-electron chi connectivity index (χ0n) is 16.7. The molecule has 0 amide bonds. The van der Waals surface area contributed by atoms with Crippen molar-refractivity contribution in [3.8, 4) is 5.75 Å². The van der Waals surface area contributed by atoms with Gasteiger partial charge in [0.15, 0.2) is 0 Å². The van der Waals surface area contributed by atoms with E-state index in [1.54, 1.807) is 23.5 Å². The Labute approximate surface area is 178 Å². The summed E-state index contributed by atoms with van der Waals surface area (Å²) in [6.07, 6.45) is 2.06. The third kappa shape index (κ3) is 5.45. The van der Waals surface area contributed by atoms with Crippen LogP contribution in [-0.2, 0) is 6.42 Å². The molecule has 0 atom stereocenters. The highest BCUT2D eigenvalue weighted by atomic mass is 32.1. The minimum atomic E-state index is -4.64. The number of nitrogens with zero attached hydrogens (tertiary/aromatic N) is 2. The normalized spacial score (nSPS) is 15.6. The van der Waals surface area contributed by atoms with Gasteiger partial charge in [-0.15, -0.1) is 24.5 Å². The molecule has 7 heteroatoms. The fourth-order valence-electron chi connectivity index (χ4n) is 4.21. The molecule has 0 N–H and O–H groups in total. The van der Waals surface area contributed by atoms with Gasteiger partial charge in [-0.25, -0.2) is 4.98 Å². The Morgan fingerprint density at radius 2 is 1.80 bits per heavy atom. The van der Waals surface area contributed by atoms with Gasteiger partial charge in [0, 0.05) is 13.1 Å². The predicted molar refractivity (Wildman–Crippen MR) is 115 cm³/mol. The van der Waals surface area contributed by atoms with Crippen molar-refractivity contribution in [1.29, 1.82) is 0 Å². The number of para-hydroxylation sites is 1. The number of hydrogen-bond donors (Lipinski definition) is 0. The molecule has 0 unspecified atom stereocenters. The lowest BCUT2D eigenvalue weighted by Crippen LogP contribution is -2.33. The van der Waals surface area contributed by atoms with E-state index >= 15 is 0 Å². The van der Waals surface area contributed by atoms with Crippen molar-refractivity contribution in [2.45, 2.75) is 44.9 Å². The Bertz CT molecular complexity index is 947. The molecule has 4 rings (SSSR count). The highest BCUT2D eigenvalue weighted by Crippen LogP contribution is 2.32. The average Bonchev–Trinajstić information content (AvgIpc) is 3.21. The van der Waals surface area contributed by atoms with Gasteiger partial charge in [0.2, 0.25) is 0 Å². The van der Waals surface area contributed by atoms with E-state index in [0.29, 0.717) is 0 Å². The van der Waals surface area contributed by atoms with Crippen LogP contribution in [0.5, 0.6) is 5.75 Å². The molecule has 0 aliphatic carbocycles. The van der Waals surface area contributed by atoms with Crippen LogP contribution in [0.3, 0.4) is 0 Å². The SMILES string of the molecule is FC(F)(F)Oc1ccc(CCCCC2CCN(c3cccc4scnc34)CC2)cc1. The number of benzene rings is 2. The van der Waals surface area contributed by atoms with E-state index in [1.807, 2.05) is 5.51 Å². The lowest BCUT2D eigenvalue weighted by Gasteiger charge is -2.33. The summed E-state index contributed by atoms with van der Waals surface area (Å²) in [5.41, 5.74) is 5.34. The van der Waals surface area contributed by atoms with Crippen LogP contribution in [0.1, 0.15) is 37.7 Å². The number of halogens is 3. The van der Waals surface area contributed by atoms with Gasteiger partial charge in [0.25, 0.3) is 0 Å². The highest BCUT2D eigenvalue weighted by Gasteiger charge is 2.30. The number of hydrogen-bond acceptors (Lipinski definition) is 4. The number of ether oxygens (including phenoxy) is 1. The van der Waals surface area contributed by atoms with Crippen LogP contribution in [0, 0.1) is 5.92 Å². The smallest absolute Gasteiger partial charge is 0.406 e. The monoisotopic (exact) mass is 434 g/mol. The first-order chi connectivity index (χ1) is 14.5. The second kappa shape index (κ2) is 9.25. The zero-order chi connectivity index (χ0) is 21.0. The van der Waals surface area contributed by atoms with Crippen LogP contribution >= 0.6 is 11.3 Å². The van der Waals surface area contributed by atoms with Crippen molar-refractivity contribution < 1.29 is 17.9 Å². The van der Waals surface area contributed by atoms with Crippen LogP contribution in [0.2, 0.25) is 0 Å². The van der Waals surface area contributed by atoms with Crippen molar-refractivity contribution in [3.63, 3.8) is 0 Å². The Morgan fingerprint density at radius 3 is 2.53 bits per heavy atom. The molecule has 2 heterocycles. The van der Waals surface area contributed by atoms with Crippen molar-refractivity contribution in [2.75, 3.05) is 18.0 Å². The Hall–Kier alpha value is -2.28. The van der Waals surface area contributed by atoms with E-state index in [4.69, 9.17) is 0 Å². The number of aromatic nitrogens is 1. The topological polar surface area (TPSA) is 25.4 Å². The number of aryl methyl sites for hydroxylation is 1. The number of anilines is 1. The second-order valence-corrected chi connectivity index (χ2v) is 8.73. The summed E-state index contributed by atoms with van der Waals surface area (Å²) in [7, 11) is 0. The molecule has 1 saturated heterocycles. The molecule has 160 valence electrons. The summed E-state index contributed by atoms with van der Waals surface area (Å²) in [5, 5.41) is 0. The maximum absolute atomic E-state index is 12.2. The minimum absolute atomic E-state index is 0.161. The molecule has 1 fully saturated rings. The van der Waals surface area contributed by atoms with E-state index in [9.17, 15) is 13.2 Å². The van der Waals surface area contributed by atoms with Crippen LogP contribution < -0.4 is 9.64 Å². The Balaban J connectivity index is 1.18. The summed E-state index contributed by atoms with van der Waals surface area (Å²) < 4.78 is 41.8. The highest BCUT2D eigenvalue weighted by molar-refractivity contribution is 7.16. The summed E-state index contributed by atoms with van der Waals surface area (Å²) in [6, 6.07) is 12.6. The van der Waals surface area contributed by atoms with Gasteiger partial charge >= 0.3 is 6.36 Å². The number of fused-ring (bicyclic) bond motifs is 1. The van der Waals surface area contributed by atoms with E-state index < -0.39 is 6.36 Å². The predicted octanol–water partition coefficient (Wildman–Crippen LogP) is 6.82. The Morgan fingerprint density at radius 1 is 1.03 bits per heavy atom. The van der Waals surface area contributed by atoms with Gasteiger partial charge in [-0.3, -0.25) is 0 Å². The Kier molecular flexibility index (Phi) is 6.46. The first-order valence-corrected chi connectivity index (χ1v) is 11.3. The van der Waals surface area contributed by atoms with Gasteiger partial charge in [-0.05, 0) is 61.4 Å². The second-order valence-electron chi connectivity index (χ2n) is 7.84. The quantitative estimate of drug-likeness (QED) is 0.381. The first kappa shape index (κ1) is 21.0. The van der Waals surface area contributed by atoms with E-state index in [-0.39, 0.29) is 5.75 Å². The van der Waals surface area contributed by atoms with Crippen LogP contribution in [0.15, 0.2) is 48.0 Å². The molecule has 1 aromatic heterocycles. The van der Waals surface area contributed by atoms with Gasteiger partial charge in [-0.2, -0.15) is 0 Å². The molecule has 2 aromatic carbocycles. The maximum Gasteiger partial charge on any atom is 0.573 e. The molecular weight excluding hydrogens is 409 g/mol. The average molecular weight is 435 g/mol. The van der Waals surface area contributed by atoms with Gasteiger partial charge in [0.05, 0.1) is 15.9 Å². The molecular formula is C23H25F3N2OS. The molecule has 30 heavy (non-hydrogen) atoms. The van der Waals surface area contributed by atoms with Crippen LogP contribution in [0.25, 0.3) is 10.2 Å². The molecule has 0 spiro atoms. The maximum atomic E-state index is 12.2. The molecule has 3 nitrogen and oxygen atoms in total. The fraction of sp³-hybridized carbons (Fsp3) is 0.435. The number of piperidine rings is 1. The van der Waals surface area contributed by atoms with Gasteiger partial charge in [0.1, 0.15) is 11.3 Å². The molecule has 0 saturated carbocycles. The molecule has 0 bridgehead atoms. The number of alkyl halides is 3. The third-order valence-corrected chi connectivity index (χ3v) is 6.57. The van der Waals surface area contributed by atoms with Crippen molar-refractivity contribution in [3.05, 3.63) is 53.5 Å². The van der Waals surface area contributed by atoms with E-state index in [0.717, 1.165) is 49.4 Å². The standard InChI is InChI=1S/C23H25F3N2OS/c24-23(25,26)29-19-10-8-17(9-11-19)4-1-2-5-18-12-14-28(15-13-18)20-6-3-7-21-22(20)27-16-30-21/h3,6-11,16,18H,1-2,4-5,12-15H2. The number of unbranched alkanes of at least 4 members (excludes halogenated alkanes) is 1. The molecule has 3 aromatic rings. The summed E-state index contributed by atoms with van der Waals surface area (Å²) in [4.78, 5) is 7.00. The third-order valence-electron chi connectivity index (χ3n) is 5.78. The molecule has 1 aliphatic rings. The first-order valence-electron chi connectivity index (χ1n) is 10.4. The molecule has 0 radical (unpaired) electrons. The number of rotatable bonds is 7.